The van der Waals surface area contributed by atoms with Crippen molar-refractivity contribution in [2.45, 2.75) is 19.8 Å². The maximum atomic E-state index is 13.3. The monoisotopic (exact) mass is 319 g/mol. The lowest BCUT2D eigenvalue weighted by Crippen LogP contribution is -1.99. The van der Waals surface area contributed by atoms with E-state index in [2.05, 4.69) is 20.3 Å². The Labute approximate surface area is 129 Å². The second kappa shape index (κ2) is 6.15. The first-order valence-corrected chi connectivity index (χ1v) is 6.79. The summed E-state index contributed by atoms with van der Waals surface area (Å²) in [4.78, 5) is 8.05. The van der Waals surface area contributed by atoms with Gasteiger partial charge in [-0.3, -0.25) is 0 Å². The molecule has 5 nitrogen and oxygen atoms in total. The van der Waals surface area contributed by atoms with Gasteiger partial charge in [0.2, 0.25) is 0 Å². The average Bonchev–Trinajstić information content (AvgIpc) is 2.98. The highest BCUT2D eigenvalue weighted by atomic mass is 19.3. The van der Waals surface area contributed by atoms with E-state index in [0.29, 0.717) is 17.8 Å². The number of aryl methyl sites for hydroxylation is 1. The van der Waals surface area contributed by atoms with Crippen LogP contribution in [0.3, 0.4) is 0 Å². The molecule has 3 rings (SSSR count). The van der Waals surface area contributed by atoms with Crippen LogP contribution in [0.2, 0.25) is 0 Å². The predicted molar refractivity (Wildman–Crippen MR) is 75.8 cm³/mol. The first-order chi connectivity index (χ1) is 11.0. The number of aromatic nitrogens is 5. The molecule has 3 aromatic rings. The molecule has 0 fully saturated rings. The summed E-state index contributed by atoms with van der Waals surface area (Å²) in [5.74, 6) is -0.943. The van der Waals surface area contributed by atoms with Crippen molar-refractivity contribution < 1.29 is 13.2 Å². The molecule has 0 aliphatic carbocycles. The molecule has 0 amide bonds. The molecule has 8 heteroatoms. The van der Waals surface area contributed by atoms with Gasteiger partial charge < -0.3 is 0 Å². The fourth-order valence-electron chi connectivity index (χ4n) is 2.13. The summed E-state index contributed by atoms with van der Waals surface area (Å²) in [6, 6.07) is 3.43. The lowest BCUT2D eigenvalue weighted by Gasteiger charge is -2.05. The van der Waals surface area contributed by atoms with E-state index in [-0.39, 0.29) is 0 Å². The normalized spacial score (nSPS) is 11.2. The smallest absolute Gasteiger partial charge is 0.245 e. The van der Waals surface area contributed by atoms with Crippen LogP contribution in [0, 0.1) is 12.7 Å². The van der Waals surface area contributed by atoms with Crippen molar-refractivity contribution in [3.05, 3.63) is 65.3 Å². The maximum Gasteiger partial charge on any atom is 0.266 e. The van der Waals surface area contributed by atoms with Gasteiger partial charge in [-0.1, -0.05) is 5.21 Å². The van der Waals surface area contributed by atoms with Crippen molar-refractivity contribution in [1.29, 1.82) is 0 Å². The van der Waals surface area contributed by atoms with Gasteiger partial charge in [0.15, 0.2) is 0 Å². The van der Waals surface area contributed by atoms with E-state index in [1.165, 1.54) is 17.1 Å². The minimum Gasteiger partial charge on any atom is -0.245 e. The standard InChI is InChI=1S/C15H12F3N5/c1-9-10(6-19-8-20-9)4-11-7-23(22-21-11)12-2-3-14(16)13(5-12)15(17)18/h2-3,5-8,15H,4H2,1H3. The van der Waals surface area contributed by atoms with Gasteiger partial charge in [-0.25, -0.2) is 27.8 Å². The van der Waals surface area contributed by atoms with Crippen molar-refractivity contribution in [2.24, 2.45) is 0 Å². The Bertz CT molecular complexity index is 831. The fraction of sp³-hybridized carbons (Fsp3) is 0.200. The summed E-state index contributed by atoms with van der Waals surface area (Å²) < 4.78 is 40.2. The second-order valence-electron chi connectivity index (χ2n) is 4.97. The Morgan fingerprint density at radius 2 is 2.09 bits per heavy atom. The molecule has 118 valence electrons. The summed E-state index contributed by atoms with van der Waals surface area (Å²) in [5, 5.41) is 7.90. The van der Waals surface area contributed by atoms with Gasteiger partial charge in [-0.2, -0.15) is 0 Å². The lowest BCUT2D eigenvalue weighted by molar-refractivity contribution is 0.146. The molecule has 2 heterocycles. The Hall–Kier alpha value is -2.77. The summed E-state index contributed by atoms with van der Waals surface area (Å²) in [7, 11) is 0. The zero-order valence-electron chi connectivity index (χ0n) is 12.1. The van der Waals surface area contributed by atoms with Crippen molar-refractivity contribution >= 4 is 0 Å². The quantitative estimate of drug-likeness (QED) is 0.742. The summed E-state index contributed by atoms with van der Waals surface area (Å²) in [5.41, 5.74) is 2.02. The molecule has 0 aliphatic heterocycles. The molecule has 1 aromatic carbocycles. The minimum atomic E-state index is -2.89. The highest BCUT2D eigenvalue weighted by Gasteiger charge is 2.15. The van der Waals surface area contributed by atoms with E-state index in [1.54, 1.807) is 12.4 Å². The van der Waals surface area contributed by atoms with Gasteiger partial charge in [-0.15, -0.1) is 5.10 Å². The summed E-state index contributed by atoms with van der Waals surface area (Å²) >= 11 is 0. The topological polar surface area (TPSA) is 56.5 Å². The van der Waals surface area contributed by atoms with E-state index in [1.807, 2.05) is 6.92 Å². The van der Waals surface area contributed by atoms with Gasteiger partial charge in [0.25, 0.3) is 6.43 Å². The Balaban J connectivity index is 1.88. The van der Waals surface area contributed by atoms with E-state index in [4.69, 9.17) is 0 Å². The Morgan fingerprint density at radius 1 is 1.26 bits per heavy atom. The van der Waals surface area contributed by atoms with Crippen LogP contribution in [0.15, 0.2) is 36.9 Å². The summed E-state index contributed by atoms with van der Waals surface area (Å²) in [6.45, 7) is 1.86. The van der Waals surface area contributed by atoms with Crippen molar-refractivity contribution in [1.82, 2.24) is 25.0 Å². The molecule has 0 atom stereocenters. The molecule has 0 aliphatic rings. The van der Waals surface area contributed by atoms with E-state index in [0.717, 1.165) is 23.4 Å². The molecule has 0 N–H and O–H groups in total. The number of alkyl halides is 2. The number of benzene rings is 1. The Morgan fingerprint density at radius 3 is 2.83 bits per heavy atom. The van der Waals surface area contributed by atoms with Crippen LogP contribution in [0.4, 0.5) is 13.2 Å². The molecule has 0 unspecified atom stereocenters. The van der Waals surface area contributed by atoms with Gasteiger partial charge in [-0.05, 0) is 30.7 Å². The van der Waals surface area contributed by atoms with Crippen LogP contribution >= 0.6 is 0 Å². The van der Waals surface area contributed by atoms with Crippen LogP contribution < -0.4 is 0 Å². The van der Waals surface area contributed by atoms with Crippen molar-refractivity contribution in [2.75, 3.05) is 0 Å². The molecular weight excluding hydrogens is 307 g/mol. The van der Waals surface area contributed by atoms with Crippen LogP contribution in [-0.4, -0.2) is 25.0 Å². The van der Waals surface area contributed by atoms with Crippen LogP contribution in [0.25, 0.3) is 5.69 Å². The fourth-order valence-corrected chi connectivity index (χ4v) is 2.13. The molecule has 2 aromatic heterocycles. The zero-order valence-corrected chi connectivity index (χ0v) is 12.1. The second-order valence-corrected chi connectivity index (χ2v) is 4.97. The number of nitrogens with zero attached hydrogens (tertiary/aromatic N) is 5. The molecule has 0 bridgehead atoms. The first-order valence-electron chi connectivity index (χ1n) is 6.79. The van der Waals surface area contributed by atoms with Crippen molar-refractivity contribution in [3.8, 4) is 5.69 Å². The number of hydrogen-bond donors (Lipinski definition) is 0. The van der Waals surface area contributed by atoms with Gasteiger partial charge in [0.05, 0.1) is 23.1 Å². The average molecular weight is 319 g/mol. The Kier molecular flexibility index (Phi) is 4.05. The van der Waals surface area contributed by atoms with E-state index < -0.39 is 17.8 Å². The number of halogens is 3. The summed E-state index contributed by atoms with van der Waals surface area (Å²) in [6.07, 6.45) is 2.33. The molecule has 0 saturated carbocycles. The largest absolute Gasteiger partial charge is 0.266 e. The van der Waals surface area contributed by atoms with Gasteiger partial charge in [0.1, 0.15) is 12.1 Å². The van der Waals surface area contributed by atoms with Crippen LogP contribution in [0.1, 0.15) is 28.9 Å². The number of hydrogen-bond acceptors (Lipinski definition) is 4. The molecular formula is C15H12F3N5. The third-order valence-corrected chi connectivity index (χ3v) is 3.40. The number of rotatable bonds is 4. The van der Waals surface area contributed by atoms with Crippen LogP contribution in [0.5, 0.6) is 0 Å². The lowest BCUT2D eigenvalue weighted by atomic mass is 10.1. The molecule has 23 heavy (non-hydrogen) atoms. The molecule has 0 saturated heterocycles. The molecule has 0 radical (unpaired) electrons. The maximum absolute atomic E-state index is 13.3. The van der Waals surface area contributed by atoms with E-state index in [9.17, 15) is 13.2 Å². The zero-order chi connectivity index (χ0) is 16.4. The van der Waals surface area contributed by atoms with Crippen LogP contribution in [-0.2, 0) is 6.42 Å². The van der Waals surface area contributed by atoms with Gasteiger partial charge >= 0.3 is 0 Å². The third kappa shape index (κ3) is 3.20. The van der Waals surface area contributed by atoms with Crippen molar-refractivity contribution in [3.63, 3.8) is 0 Å². The predicted octanol–water partition coefficient (Wildman–Crippen LogP) is 3.03. The SMILES string of the molecule is Cc1ncncc1Cc1cn(-c2ccc(F)c(C(F)F)c2)nn1. The minimum absolute atomic E-state index is 0.321. The van der Waals surface area contributed by atoms with E-state index >= 15 is 0 Å². The highest BCUT2D eigenvalue weighted by molar-refractivity contribution is 5.37. The highest BCUT2D eigenvalue weighted by Crippen LogP contribution is 2.24. The van der Waals surface area contributed by atoms with Gasteiger partial charge in [0, 0.05) is 18.3 Å². The first kappa shape index (κ1) is 15.1. The third-order valence-electron chi connectivity index (χ3n) is 3.40. The molecule has 0 spiro atoms.